The first-order chi connectivity index (χ1) is 15.2. The molecule has 0 aliphatic carbocycles. The number of benzene rings is 2. The maximum Gasteiger partial charge on any atom is 0.350 e. The molecule has 0 saturated heterocycles. The Morgan fingerprint density at radius 1 is 1.38 bits per heavy atom. The minimum absolute atomic E-state index is 0.0750. The van der Waals surface area contributed by atoms with Gasteiger partial charge in [0.05, 0.1) is 22.4 Å². The third kappa shape index (κ3) is 4.89. The molecule has 0 aliphatic heterocycles. The molecule has 32 heavy (non-hydrogen) atoms. The van der Waals surface area contributed by atoms with E-state index in [1.165, 1.54) is 34.9 Å². The Morgan fingerprint density at radius 3 is 2.66 bits per heavy atom. The van der Waals surface area contributed by atoms with Crippen LogP contribution < -0.4 is 10.4 Å². The van der Waals surface area contributed by atoms with Crippen LogP contribution in [0.15, 0.2) is 35.1 Å². The lowest BCUT2D eigenvalue weighted by Gasteiger charge is -2.16. The van der Waals surface area contributed by atoms with E-state index in [1.807, 2.05) is 22.6 Å². The minimum Gasteiger partial charge on any atom is -0.490 e. The maximum atomic E-state index is 15.3. The van der Waals surface area contributed by atoms with Crippen molar-refractivity contribution < 1.29 is 18.6 Å². The number of hydrogen-bond donors (Lipinski definition) is 1. The SMILES string of the molecule is CCn1c(CO)nn(-c2cc(OC(C)C)c(/C(F)=C/c3c(F)cccc3Cl)cc2I)c1=O. The average molecular weight is 576 g/mol. The van der Waals surface area contributed by atoms with Crippen molar-refractivity contribution in [1.82, 2.24) is 14.3 Å². The summed E-state index contributed by atoms with van der Waals surface area (Å²) in [5.74, 6) is -1.04. The summed E-state index contributed by atoms with van der Waals surface area (Å²) in [7, 11) is 0. The Labute approximate surface area is 202 Å². The Hall–Kier alpha value is -2.24. The Bertz CT molecular complexity index is 1220. The molecule has 2 aromatic carbocycles. The van der Waals surface area contributed by atoms with Crippen molar-refractivity contribution in [3.63, 3.8) is 0 Å². The summed E-state index contributed by atoms with van der Waals surface area (Å²) in [6, 6.07) is 7.09. The van der Waals surface area contributed by atoms with Gasteiger partial charge in [0.25, 0.3) is 0 Å². The van der Waals surface area contributed by atoms with Crippen LogP contribution in [0.1, 0.15) is 37.7 Å². The van der Waals surface area contributed by atoms with Gasteiger partial charge < -0.3 is 9.84 Å². The van der Waals surface area contributed by atoms with Crippen molar-refractivity contribution in [2.45, 2.75) is 40.0 Å². The van der Waals surface area contributed by atoms with E-state index in [9.17, 15) is 14.3 Å². The highest BCUT2D eigenvalue weighted by Gasteiger charge is 2.20. The molecular weight excluding hydrogens is 555 g/mol. The summed E-state index contributed by atoms with van der Waals surface area (Å²) in [5.41, 5.74) is -0.0660. The summed E-state index contributed by atoms with van der Waals surface area (Å²) in [6.07, 6.45) is 0.710. The zero-order chi connectivity index (χ0) is 23.6. The molecule has 6 nitrogen and oxygen atoms in total. The van der Waals surface area contributed by atoms with Crippen molar-refractivity contribution in [2.24, 2.45) is 0 Å². The predicted octanol–water partition coefficient (Wildman–Crippen LogP) is 5.20. The van der Waals surface area contributed by atoms with Crippen LogP contribution in [0.4, 0.5) is 8.78 Å². The number of rotatable bonds is 7. The highest BCUT2D eigenvalue weighted by molar-refractivity contribution is 14.1. The Balaban J connectivity index is 2.20. The molecule has 0 amide bonds. The zero-order valence-electron chi connectivity index (χ0n) is 17.6. The van der Waals surface area contributed by atoms with E-state index < -0.39 is 23.9 Å². The zero-order valence-corrected chi connectivity index (χ0v) is 20.5. The van der Waals surface area contributed by atoms with E-state index >= 15 is 4.39 Å². The number of halogens is 4. The van der Waals surface area contributed by atoms with Crippen molar-refractivity contribution in [2.75, 3.05) is 0 Å². The lowest BCUT2D eigenvalue weighted by atomic mass is 10.1. The van der Waals surface area contributed by atoms with Gasteiger partial charge in [-0.25, -0.2) is 13.6 Å². The van der Waals surface area contributed by atoms with E-state index in [0.29, 0.717) is 15.8 Å². The van der Waals surface area contributed by atoms with E-state index in [-0.39, 0.29) is 33.8 Å². The summed E-state index contributed by atoms with van der Waals surface area (Å²) < 4.78 is 38.2. The molecule has 0 unspecified atom stereocenters. The van der Waals surface area contributed by atoms with Crippen LogP contribution in [0, 0.1) is 9.39 Å². The summed E-state index contributed by atoms with van der Waals surface area (Å²) in [5, 5.41) is 13.8. The second-order valence-corrected chi connectivity index (χ2v) is 8.68. The van der Waals surface area contributed by atoms with Crippen LogP contribution >= 0.6 is 34.2 Å². The average Bonchev–Trinajstić information content (AvgIpc) is 3.06. The number of aliphatic hydroxyl groups excluding tert-OH is 1. The summed E-state index contributed by atoms with van der Waals surface area (Å²) in [4.78, 5) is 12.8. The molecule has 0 aliphatic rings. The standard InChI is InChI=1S/C22H21ClF2IN3O3/c1-4-28-21(11-30)27-29(22(28)31)19-10-20(32-12(2)3)14(9-18(19)26)17(25)8-13-15(23)6-5-7-16(13)24/h5-10,12,30H,4,11H2,1-3H3/b17-8-. The molecule has 0 atom stereocenters. The molecule has 1 heterocycles. The molecule has 170 valence electrons. The van der Waals surface area contributed by atoms with Gasteiger partial charge in [-0.3, -0.25) is 4.57 Å². The molecule has 0 fully saturated rings. The maximum absolute atomic E-state index is 15.3. The van der Waals surface area contributed by atoms with Crippen LogP contribution in [-0.2, 0) is 13.2 Å². The van der Waals surface area contributed by atoms with Gasteiger partial charge in [-0.2, -0.15) is 4.68 Å². The number of aliphatic hydroxyl groups is 1. The van der Waals surface area contributed by atoms with Gasteiger partial charge in [0, 0.05) is 21.7 Å². The van der Waals surface area contributed by atoms with Gasteiger partial charge in [-0.1, -0.05) is 17.7 Å². The molecule has 0 radical (unpaired) electrons. The molecular formula is C22H21ClF2IN3O3. The van der Waals surface area contributed by atoms with Crippen LogP contribution in [0.2, 0.25) is 5.02 Å². The molecule has 0 spiro atoms. The Kier molecular flexibility index (Phi) is 7.73. The third-order valence-corrected chi connectivity index (χ3v) is 5.76. The van der Waals surface area contributed by atoms with E-state index in [4.69, 9.17) is 16.3 Å². The number of aromatic nitrogens is 3. The lowest BCUT2D eigenvalue weighted by Crippen LogP contribution is -2.24. The van der Waals surface area contributed by atoms with Gasteiger partial charge in [0.1, 0.15) is 24.0 Å². The van der Waals surface area contributed by atoms with Gasteiger partial charge >= 0.3 is 5.69 Å². The van der Waals surface area contributed by atoms with E-state index in [2.05, 4.69) is 5.10 Å². The van der Waals surface area contributed by atoms with Crippen molar-refractivity contribution in [3.05, 3.63) is 72.2 Å². The highest BCUT2D eigenvalue weighted by Crippen LogP contribution is 2.35. The molecule has 3 aromatic rings. The first-order valence-corrected chi connectivity index (χ1v) is 11.2. The van der Waals surface area contributed by atoms with Crippen LogP contribution in [-0.4, -0.2) is 25.6 Å². The van der Waals surface area contributed by atoms with Gasteiger partial charge in [0.15, 0.2) is 5.82 Å². The molecule has 0 saturated carbocycles. The van der Waals surface area contributed by atoms with Crippen LogP contribution in [0.25, 0.3) is 17.6 Å². The van der Waals surface area contributed by atoms with Gasteiger partial charge in [-0.05, 0) is 67.6 Å². The molecule has 0 bridgehead atoms. The largest absolute Gasteiger partial charge is 0.490 e. The Morgan fingerprint density at radius 2 is 2.09 bits per heavy atom. The van der Waals surface area contributed by atoms with Crippen LogP contribution in [0.3, 0.4) is 0 Å². The van der Waals surface area contributed by atoms with E-state index in [1.54, 1.807) is 20.8 Å². The number of hydrogen-bond acceptors (Lipinski definition) is 4. The molecule has 3 rings (SSSR count). The lowest BCUT2D eigenvalue weighted by molar-refractivity contribution is 0.241. The second-order valence-electron chi connectivity index (χ2n) is 7.11. The quantitative estimate of drug-likeness (QED) is 0.311. The topological polar surface area (TPSA) is 69.3 Å². The van der Waals surface area contributed by atoms with Crippen LogP contribution in [0.5, 0.6) is 5.75 Å². The molecule has 10 heteroatoms. The second kappa shape index (κ2) is 10.1. The summed E-state index contributed by atoms with van der Waals surface area (Å²) >= 11 is 7.99. The van der Waals surface area contributed by atoms with E-state index in [0.717, 1.165) is 10.8 Å². The van der Waals surface area contributed by atoms with Crippen molar-refractivity contribution in [1.29, 1.82) is 0 Å². The fraction of sp³-hybridized carbons (Fsp3) is 0.273. The third-order valence-electron chi connectivity index (χ3n) is 4.56. The number of nitrogens with zero attached hydrogens (tertiary/aromatic N) is 3. The number of ether oxygens (including phenoxy) is 1. The van der Waals surface area contributed by atoms with Crippen molar-refractivity contribution in [3.8, 4) is 11.4 Å². The van der Waals surface area contributed by atoms with Gasteiger partial charge in [0.2, 0.25) is 0 Å². The predicted molar refractivity (Wildman–Crippen MR) is 128 cm³/mol. The molecule has 1 N–H and O–H groups in total. The normalized spacial score (nSPS) is 12.0. The smallest absolute Gasteiger partial charge is 0.350 e. The highest BCUT2D eigenvalue weighted by atomic mass is 127. The molecule has 1 aromatic heterocycles. The van der Waals surface area contributed by atoms with Crippen molar-refractivity contribution >= 4 is 46.1 Å². The first kappa shape index (κ1) is 24.4. The first-order valence-electron chi connectivity index (χ1n) is 9.79. The monoisotopic (exact) mass is 575 g/mol. The fourth-order valence-corrected chi connectivity index (χ4v) is 4.04. The minimum atomic E-state index is -0.750. The fourth-order valence-electron chi connectivity index (χ4n) is 3.12. The summed E-state index contributed by atoms with van der Waals surface area (Å²) in [6.45, 7) is 5.25. The van der Waals surface area contributed by atoms with Gasteiger partial charge in [-0.15, -0.1) is 5.10 Å².